The monoisotopic (exact) mass is 202 g/mol. The number of aromatic hydroxyl groups is 1. The fourth-order valence-electron chi connectivity index (χ4n) is 0.685. The predicted octanol–water partition coefficient (Wildman–Crippen LogP) is 2.51. The van der Waals surface area contributed by atoms with Crippen LogP contribution < -0.4 is 0 Å². The Morgan fingerprint density at radius 3 is 1.58 bits per heavy atom. The molecule has 2 rings (SSSR count). The van der Waals surface area contributed by atoms with Gasteiger partial charge in [0, 0.05) is 5.75 Å². The van der Waals surface area contributed by atoms with Crippen LogP contribution >= 0.6 is 0 Å². The quantitative estimate of drug-likeness (QED) is 0.514. The van der Waals surface area contributed by atoms with Crippen LogP contribution in [0.15, 0.2) is 54.6 Å². The van der Waals surface area contributed by atoms with Crippen LogP contribution in [0.3, 0.4) is 0 Å². The summed E-state index contributed by atoms with van der Waals surface area (Å²) in [7, 11) is 0. The first-order valence-electron chi connectivity index (χ1n) is 3.47. The van der Waals surface area contributed by atoms with Gasteiger partial charge in [-0.15, -0.1) is 12.1 Å². The maximum absolute atomic E-state index is 8.47. The topological polar surface area (TPSA) is 20.2 Å². The smallest absolute Gasteiger partial charge is 0.566 e. The molecule has 12 heavy (non-hydrogen) atoms. The first-order valence-corrected chi connectivity index (χ1v) is 3.47. The van der Waals surface area contributed by atoms with Crippen LogP contribution in [0.5, 0.6) is 5.75 Å². The van der Waals surface area contributed by atoms with Gasteiger partial charge in [-0.05, 0) is 0 Å². The van der Waals surface area contributed by atoms with Gasteiger partial charge in [0.05, 0.1) is 0 Å². The second-order valence-corrected chi connectivity index (χ2v) is 2.11. The van der Waals surface area contributed by atoms with Gasteiger partial charge in [-0.25, -0.2) is 24.3 Å². The van der Waals surface area contributed by atoms with E-state index < -0.39 is 0 Å². The fourth-order valence-corrected chi connectivity index (χ4v) is 0.685. The van der Waals surface area contributed by atoms with Crippen LogP contribution in [0, 0.1) is 0 Å². The molecule has 0 unspecified atom stereocenters. The van der Waals surface area contributed by atoms with E-state index in [2.05, 4.69) is 0 Å². The number of rotatable bonds is 0. The first kappa shape index (κ1) is 11.0. The van der Waals surface area contributed by atoms with Crippen molar-refractivity contribution in [3.8, 4) is 5.75 Å². The minimum Gasteiger partial charge on any atom is -0.566 e. The standard InChI is InChI=1S/C5H5O.C5H5.Fe/c6-5-3-1-2-4-5;1-2-4-5-3-1;/h1-4,6H;1-5H;/q2*-1;+2. The summed E-state index contributed by atoms with van der Waals surface area (Å²) in [6.45, 7) is 0. The zero-order valence-corrected chi connectivity index (χ0v) is 7.60. The van der Waals surface area contributed by atoms with Gasteiger partial charge < -0.3 is 5.11 Å². The zero-order chi connectivity index (χ0) is 7.94. The van der Waals surface area contributed by atoms with Gasteiger partial charge in [0.2, 0.25) is 0 Å². The van der Waals surface area contributed by atoms with Crippen LogP contribution in [0.4, 0.5) is 0 Å². The third-order valence-corrected chi connectivity index (χ3v) is 1.20. The Morgan fingerprint density at radius 2 is 1.42 bits per heavy atom. The molecule has 0 aliphatic heterocycles. The Bertz CT molecular complexity index is 228. The molecule has 64 valence electrons. The van der Waals surface area contributed by atoms with Crippen LogP contribution in [0.25, 0.3) is 0 Å². The molecule has 1 nitrogen and oxygen atoms in total. The molecule has 0 aliphatic carbocycles. The summed E-state index contributed by atoms with van der Waals surface area (Å²) < 4.78 is 0. The third-order valence-electron chi connectivity index (χ3n) is 1.20. The zero-order valence-electron chi connectivity index (χ0n) is 6.50. The van der Waals surface area contributed by atoms with Crippen molar-refractivity contribution in [3.05, 3.63) is 54.6 Å². The molecule has 0 radical (unpaired) electrons. The Hall–Kier alpha value is -0.981. The maximum Gasteiger partial charge on any atom is 2.00 e. The molecule has 0 saturated carbocycles. The van der Waals surface area contributed by atoms with Gasteiger partial charge in [-0.1, -0.05) is 0 Å². The van der Waals surface area contributed by atoms with Crippen molar-refractivity contribution in [3.63, 3.8) is 0 Å². The average Bonchev–Trinajstić information content (AvgIpc) is 2.57. The SMILES string of the molecule is O[c-]1cccc1.[Fe+2].c1cc[cH-]c1. The van der Waals surface area contributed by atoms with Crippen molar-refractivity contribution in [2.24, 2.45) is 0 Å². The fraction of sp³-hybridized carbons (Fsp3) is 0. The third kappa shape index (κ3) is 4.78. The molecule has 0 aliphatic rings. The molecule has 0 bridgehead atoms. The Balaban J connectivity index is 0.000000189. The summed E-state index contributed by atoms with van der Waals surface area (Å²) in [5.41, 5.74) is 0. The van der Waals surface area contributed by atoms with Gasteiger partial charge in [-0.2, -0.15) is 18.2 Å². The molecular weight excluding hydrogens is 192 g/mol. The molecule has 2 aromatic carbocycles. The van der Waals surface area contributed by atoms with E-state index in [1.54, 1.807) is 24.3 Å². The summed E-state index contributed by atoms with van der Waals surface area (Å²) in [4.78, 5) is 0. The Labute approximate surface area is 82.9 Å². The van der Waals surface area contributed by atoms with Crippen molar-refractivity contribution in [2.75, 3.05) is 0 Å². The molecule has 0 spiro atoms. The minimum absolute atomic E-state index is 0. The molecular formula is C10H10FeO. The van der Waals surface area contributed by atoms with Gasteiger partial charge in [-0.3, -0.25) is 0 Å². The van der Waals surface area contributed by atoms with Crippen molar-refractivity contribution in [1.82, 2.24) is 0 Å². The first-order chi connectivity index (χ1) is 5.39. The van der Waals surface area contributed by atoms with E-state index in [0.29, 0.717) is 5.75 Å². The maximum atomic E-state index is 8.47. The Morgan fingerprint density at radius 1 is 0.917 bits per heavy atom. The van der Waals surface area contributed by atoms with E-state index >= 15 is 0 Å². The predicted molar refractivity (Wildman–Crippen MR) is 45.7 cm³/mol. The van der Waals surface area contributed by atoms with E-state index in [1.807, 2.05) is 30.3 Å². The van der Waals surface area contributed by atoms with Crippen molar-refractivity contribution in [1.29, 1.82) is 0 Å². The largest absolute Gasteiger partial charge is 2.00 e. The molecule has 2 aromatic rings. The summed E-state index contributed by atoms with van der Waals surface area (Å²) in [5.74, 6) is 0.343. The normalized spacial score (nSPS) is 7.67. The van der Waals surface area contributed by atoms with E-state index in [-0.39, 0.29) is 17.1 Å². The van der Waals surface area contributed by atoms with Gasteiger partial charge in [0.25, 0.3) is 0 Å². The minimum atomic E-state index is 0. The summed E-state index contributed by atoms with van der Waals surface area (Å²) in [5, 5.41) is 8.47. The van der Waals surface area contributed by atoms with Gasteiger partial charge >= 0.3 is 17.1 Å². The van der Waals surface area contributed by atoms with E-state index in [9.17, 15) is 0 Å². The second-order valence-electron chi connectivity index (χ2n) is 2.11. The van der Waals surface area contributed by atoms with E-state index in [0.717, 1.165) is 0 Å². The molecule has 0 fully saturated rings. The average molecular weight is 202 g/mol. The van der Waals surface area contributed by atoms with E-state index in [1.165, 1.54) is 0 Å². The Kier molecular flexibility index (Phi) is 6.16. The number of hydrogen-bond acceptors (Lipinski definition) is 1. The molecule has 0 heterocycles. The molecule has 0 amide bonds. The van der Waals surface area contributed by atoms with E-state index in [4.69, 9.17) is 5.11 Å². The van der Waals surface area contributed by atoms with Gasteiger partial charge in [0.1, 0.15) is 0 Å². The molecule has 0 atom stereocenters. The van der Waals surface area contributed by atoms with Crippen molar-refractivity contribution in [2.45, 2.75) is 0 Å². The number of hydrogen-bond donors (Lipinski definition) is 1. The van der Waals surface area contributed by atoms with Gasteiger partial charge in [0.15, 0.2) is 0 Å². The van der Waals surface area contributed by atoms with Crippen molar-refractivity contribution >= 4 is 0 Å². The van der Waals surface area contributed by atoms with Crippen LogP contribution in [-0.2, 0) is 17.1 Å². The van der Waals surface area contributed by atoms with Crippen LogP contribution in [-0.4, -0.2) is 5.11 Å². The molecule has 0 saturated heterocycles. The molecule has 1 N–H and O–H groups in total. The summed E-state index contributed by atoms with van der Waals surface area (Å²) in [6.07, 6.45) is 0. The van der Waals surface area contributed by atoms with Crippen molar-refractivity contribution < 1.29 is 22.2 Å². The molecule has 2 heteroatoms. The summed E-state index contributed by atoms with van der Waals surface area (Å²) >= 11 is 0. The molecule has 0 aromatic heterocycles. The second kappa shape index (κ2) is 6.71. The summed E-state index contributed by atoms with van der Waals surface area (Å²) in [6, 6.07) is 16.9. The van der Waals surface area contributed by atoms with Crippen LogP contribution in [0.1, 0.15) is 0 Å². The van der Waals surface area contributed by atoms with Crippen LogP contribution in [0.2, 0.25) is 0 Å².